The van der Waals surface area contributed by atoms with Crippen molar-refractivity contribution in [3.8, 4) is 0 Å². The number of alkyl halides is 2. The van der Waals surface area contributed by atoms with Gasteiger partial charge in [-0.3, -0.25) is 9.59 Å². The van der Waals surface area contributed by atoms with E-state index < -0.39 is 30.1 Å². The number of carboxylic acid groups (broad SMARTS) is 1. The number of hydrogen-bond donors (Lipinski definition) is 1. The topological polar surface area (TPSA) is 57.6 Å². The summed E-state index contributed by atoms with van der Waals surface area (Å²) in [5, 5.41) is 8.77. The number of nitrogens with zero attached hydrogens (tertiary/aromatic N) is 1. The Labute approximate surface area is 104 Å². The highest BCUT2D eigenvalue weighted by atomic mass is 19.3. The van der Waals surface area contributed by atoms with Crippen LogP contribution in [0.5, 0.6) is 0 Å². The third-order valence-electron chi connectivity index (χ3n) is 3.57. The number of carbonyl (C=O) groups excluding carboxylic acids is 1. The molecule has 0 saturated heterocycles. The molecule has 0 heterocycles. The number of aliphatic carboxylic acids is 1. The Hall–Kier alpha value is -1.20. The molecule has 0 aliphatic heterocycles. The van der Waals surface area contributed by atoms with E-state index in [1.807, 2.05) is 0 Å². The number of rotatable bonds is 4. The Morgan fingerprint density at radius 2 is 1.94 bits per heavy atom. The smallest absolute Gasteiger partial charge is 0.323 e. The lowest BCUT2D eigenvalue weighted by atomic mass is 9.85. The maximum Gasteiger partial charge on any atom is 0.323 e. The molecule has 0 aromatic heterocycles. The summed E-state index contributed by atoms with van der Waals surface area (Å²) < 4.78 is 26.5. The van der Waals surface area contributed by atoms with E-state index in [4.69, 9.17) is 5.11 Å². The lowest BCUT2D eigenvalue weighted by molar-refractivity contribution is -0.150. The normalized spacial score (nSPS) is 26.7. The van der Waals surface area contributed by atoms with Crippen molar-refractivity contribution >= 4 is 11.9 Å². The predicted molar refractivity (Wildman–Crippen MR) is 59.3 cm³/mol. The van der Waals surface area contributed by atoms with Gasteiger partial charge in [-0.25, -0.2) is 8.78 Å². The first-order valence-electron chi connectivity index (χ1n) is 6.29. The summed E-state index contributed by atoms with van der Waals surface area (Å²) in [5.41, 5.74) is 0. The fourth-order valence-electron chi connectivity index (χ4n) is 2.54. The van der Waals surface area contributed by atoms with Crippen LogP contribution in [0, 0.1) is 5.92 Å². The van der Waals surface area contributed by atoms with Crippen molar-refractivity contribution < 1.29 is 23.5 Å². The molecule has 0 aromatic rings. The largest absolute Gasteiger partial charge is 0.480 e. The average molecular weight is 261 g/mol. The summed E-state index contributed by atoms with van der Waals surface area (Å²) in [4.78, 5) is 24.1. The van der Waals surface area contributed by atoms with Gasteiger partial charge in [0.15, 0.2) is 0 Å². The minimum absolute atomic E-state index is 0.0517. The van der Waals surface area contributed by atoms with Crippen molar-refractivity contribution in [1.82, 2.24) is 4.90 Å². The van der Waals surface area contributed by atoms with Crippen molar-refractivity contribution in [2.75, 3.05) is 6.54 Å². The molecule has 2 rings (SSSR count). The molecule has 0 radical (unpaired) electrons. The molecule has 1 unspecified atom stereocenters. The van der Waals surface area contributed by atoms with Gasteiger partial charge in [-0.15, -0.1) is 0 Å². The lowest BCUT2D eigenvalue weighted by Crippen LogP contribution is -2.44. The number of carbonyl (C=O) groups is 2. The summed E-state index contributed by atoms with van der Waals surface area (Å²) in [6.07, 6.45) is 1.73. The maximum atomic E-state index is 13.3. The molecule has 2 saturated carbocycles. The molecule has 2 aliphatic rings. The molecule has 0 spiro atoms. The Balaban J connectivity index is 2.01. The Kier molecular flexibility index (Phi) is 3.54. The van der Waals surface area contributed by atoms with E-state index in [1.165, 1.54) is 4.90 Å². The second-order valence-electron chi connectivity index (χ2n) is 5.24. The van der Waals surface area contributed by atoms with E-state index in [-0.39, 0.29) is 19.0 Å². The molecule has 2 fully saturated rings. The molecule has 1 atom stereocenters. The summed E-state index contributed by atoms with van der Waals surface area (Å²) in [6.45, 7) is -0.369. The zero-order valence-electron chi connectivity index (χ0n) is 10.1. The first-order chi connectivity index (χ1) is 8.39. The SMILES string of the molecule is O=C(O)CN(C(=O)C1CCCC(F)(F)C1)C1CC1. The quantitative estimate of drug-likeness (QED) is 0.840. The number of carboxylic acids is 1. The third kappa shape index (κ3) is 3.17. The number of hydrogen-bond acceptors (Lipinski definition) is 2. The van der Waals surface area contributed by atoms with Gasteiger partial charge in [-0.2, -0.15) is 0 Å². The van der Waals surface area contributed by atoms with E-state index in [1.54, 1.807) is 0 Å². The summed E-state index contributed by atoms with van der Waals surface area (Å²) in [7, 11) is 0. The second kappa shape index (κ2) is 4.82. The molecule has 4 nitrogen and oxygen atoms in total. The van der Waals surface area contributed by atoms with Crippen LogP contribution in [0.4, 0.5) is 8.78 Å². The highest BCUT2D eigenvalue weighted by Gasteiger charge is 2.43. The van der Waals surface area contributed by atoms with Gasteiger partial charge in [-0.1, -0.05) is 0 Å². The molecule has 0 aromatic carbocycles. The number of amides is 1. The van der Waals surface area contributed by atoms with Gasteiger partial charge in [0.25, 0.3) is 0 Å². The summed E-state index contributed by atoms with van der Waals surface area (Å²) >= 11 is 0. The summed E-state index contributed by atoms with van der Waals surface area (Å²) in [6, 6.07) is -0.0517. The van der Waals surface area contributed by atoms with Crippen LogP contribution in [0.15, 0.2) is 0 Å². The predicted octanol–water partition coefficient (Wildman–Crippen LogP) is 1.89. The Morgan fingerprint density at radius 3 is 2.44 bits per heavy atom. The van der Waals surface area contributed by atoms with Crippen LogP contribution in [0.2, 0.25) is 0 Å². The number of halogens is 2. The molecule has 6 heteroatoms. The highest BCUT2D eigenvalue weighted by Crippen LogP contribution is 2.39. The van der Waals surface area contributed by atoms with Crippen LogP contribution < -0.4 is 0 Å². The van der Waals surface area contributed by atoms with Crippen molar-refractivity contribution in [2.45, 2.75) is 50.5 Å². The van der Waals surface area contributed by atoms with Crippen molar-refractivity contribution in [3.63, 3.8) is 0 Å². The van der Waals surface area contributed by atoms with Gasteiger partial charge in [0, 0.05) is 24.8 Å². The van der Waals surface area contributed by atoms with Gasteiger partial charge < -0.3 is 10.0 Å². The standard InChI is InChI=1S/C12H17F2NO3/c13-12(14)5-1-2-8(6-12)11(18)15(7-10(16)17)9-3-4-9/h8-9H,1-7H2,(H,16,17). The van der Waals surface area contributed by atoms with Crippen LogP contribution in [0.1, 0.15) is 38.5 Å². The molecule has 1 amide bonds. The Morgan fingerprint density at radius 1 is 1.28 bits per heavy atom. The van der Waals surface area contributed by atoms with E-state index in [2.05, 4.69) is 0 Å². The molecule has 1 N–H and O–H groups in total. The fourth-order valence-corrected chi connectivity index (χ4v) is 2.54. The van der Waals surface area contributed by atoms with Gasteiger partial charge in [-0.05, 0) is 25.7 Å². The Bertz CT molecular complexity index is 355. The fraction of sp³-hybridized carbons (Fsp3) is 0.833. The zero-order chi connectivity index (χ0) is 13.3. The van der Waals surface area contributed by atoms with Gasteiger partial charge in [0.1, 0.15) is 6.54 Å². The first-order valence-corrected chi connectivity index (χ1v) is 6.29. The van der Waals surface area contributed by atoms with Gasteiger partial charge in [0.05, 0.1) is 0 Å². The summed E-state index contributed by atoms with van der Waals surface area (Å²) in [5.74, 6) is -4.98. The van der Waals surface area contributed by atoms with E-state index >= 15 is 0 Å². The van der Waals surface area contributed by atoms with Crippen molar-refractivity contribution in [2.24, 2.45) is 5.92 Å². The molecule has 102 valence electrons. The van der Waals surface area contributed by atoms with Crippen LogP contribution in [-0.4, -0.2) is 40.4 Å². The minimum atomic E-state index is -2.78. The maximum absolute atomic E-state index is 13.3. The molecular weight excluding hydrogens is 244 g/mol. The van der Waals surface area contributed by atoms with Crippen molar-refractivity contribution in [3.05, 3.63) is 0 Å². The van der Waals surface area contributed by atoms with Gasteiger partial charge >= 0.3 is 5.97 Å². The van der Waals surface area contributed by atoms with Crippen molar-refractivity contribution in [1.29, 1.82) is 0 Å². The highest BCUT2D eigenvalue weighted by molar-refractivity contribution is 5.83. The zero-order valence-corrected chi connectivity index (χ0v) is 10.1. The monoisotopic (exact) mass is 261 g/mol. The third-order valence-corrected chi connectivity index (χ3v) is 3.57. The molecular formula is C12H17F2NO3. The van der Waals surface area contributed by atoms with E-state index in [9.17, 15) is 18.4 Å². The van der Waals surface area contributed by atoms with Crippen LogP contribution >= 0.6 is 0 Å². The van der Waals surface area contributed by atoms with Crippen LogP contribution in [0.3, 0.4) is 0 Å². The van der Waals surface area contributed by atoms with E-state index in [0.29, 0.717) is 12.8 Å². The van der Waals surface area contributed by atoms with Gasteiger partial charge in [0.2, 0.25) is 11.8 Å². The average Bonchev–Trinajstić information content (AvgIpc) is 3.07. The second-order valence-corrected chi connectivity index (χ2v) is 5.24. The van der Waals surface area contributed by atoms with Crippen LogP contribution in [0.25, 0.3) is 0 Å². The molecule has 0 bridgehead atoms. The minimum Gasteiger partial charge on any atom is -0.480 e. The molecule has 18 heavy (non-hydrogen) atoms. The first kappa shape index (κ1) is 13.2. The van der Waals surface area contributed by atoms with Crippen LogP contribution in [-0.2, 0) is 9.59 Å². The molecule has 2 aliphatic carbocycles. The van der Waals surface area contributed by atoms with E-state index in [0.717, 1.165) is 12.8 Å². The lowest BCUT2D eigenvalue weighted by Gasteiger charge is -2.32.